The minimum atomic E-state index is 0.286. The zero-order valence-corrected chi connectivity index (χ0v) is 9.27. The molecule has 0 unspecified atom stereocenters. The smallest absolute Gasteiger partial charge is 0.324 e. The molecule has 0 saturated heterocycles. The molecule has 6 heteroatoms. The van der Waals surface area contributed by atoms with Gasteiger partial charge in [0.1, 0.15) is 12.6 Å². The second-order valence-electron chi connectivity index (χ2n) is 3.46. The number of alkyl halides is 1. The summed E-state index contributed by atoms with van der Waals surface area (Å²) in [7, 11) is 0. The molecule has 2 aromatic rings. The number of halogens is 1. The SMILES string of the molecule is CC(C)c1ncn(-c2nc(CCl)co2)n1. The summed E-state index contributed by atoms with van der Waals surface area (Å²) in [5.41, 5.74) is 0.688. The average molecular weight is 227 g/mol. The van der Waals surface area contributed by atoms with Crippen LogP contribution in [0.1, 0.15) is 31.3 Å². The zero-order valence-electron chi connectivity index (χ0n) is 8.51. The van der Waals surface area contributed by atoms with Crippen LogP contribution in [0.25, 0.3) is 6.01 Å². The molecular weight excluding hydrogens is 216 g/mol. The first-order valence-electron chi connectivity index (χ1n) is 4.63. The molecule has 2 aromatic heterocycles. The molecule has 2 rings (SSSR count). The van der Waals surface area contributed by atoms with E-state index in [1.165, 1.54) is 10.9 Å². The van der Waals surface area contributed by atoms with E-state index in [0.29, 0.717) is 17.6 Å². The van der Waals surface area contributed by atoms with Gasteiger partial charge in [0.25, 0.3) is 0 Å². The van der Waals surface area contributed by atoms with Gasteiger partial charge in [0, 0.05) is 5.92 Å². The van der Waals surface area contributed by atoms with Crippen LogP contribution in [0.3, 0.4) is 0 Å². The van der Waals surface area contributed by atoms with Gasteiger partial charge in [-0.25, -0.2) is 4.98 Å². The van der Waals surface area contributed by atoms with Crippen LogP contribution in [0, 0.1) is 0 Å². The van der Waals surface area contributed by atoms with E-state index in [1.54, 1.807) is 6.33 Å². The van der Waals surface area contributed by atoms with Crippen molar-refractivity contribution in [2.75, 3.05) is 0 Å². The van der Waals surface area contributed by atoms with Crippen LogP contribution in [-0.4, -0.2) is 19.7 Å². The number of hydrogen-bond acceptors (Lipinski definition) is 4. The largest absolute Gasteiger partial charge is 0.430 e. The molecule has 5 nitrogen and oxygen atoms in total. The van der Waals surface area contributed by atoms with Crippen LogP contribution in [0.15, 0.2) is 17.0 Å². The lowest BCUT2D eigenvalue weighted by Gasteiger charge is -1.94. The van der Waals surface area contributed by atoms with Crippen molar-refractivity contribution in [3.05, 3.63) is 24.1 Å². The summed E-state index contributed by atoms with van der Waals surface area (Å²) in [6.45, 7) is 4.05. The number of nitrogens with zero attached hydrogens (tertiary/aromatic N) is 4. The molecule has 0 aliphatic rings. The fraction of sp³-hybridized carbons (Fsp3) is 0.444. The fourth-order valence-corrected chi connectivity index (χ4v) is 1.22. The summed E-state index contributed by atoms with van der Waals surface area (Å²) in [6, 6.07) is 0.394. The predicted octanol–water partition coefficient (Wildman–Crippen LogP) is 2.12. The summed E-state index contributed by atoms with van der Waals surface area (Å²) < 4.78 is 6.70. The van der Waals surface area contributed by atoms with E-state index in [9.17, 15) is 0 Å². The molecule has 0 aliphatic heterocycles. The van der Waals surface area contributed by atoms with Crippen LogP contribution >= 0.6 is 11.6 Å². The molecule has 0 amide bonds. The average Bonchev–Trinajstić information content (AvgIpc) is 2.86. The van der Waals surface area contributed by atoms with E-state index < -0.39 is 0 Å². The molecule has 0 aliphatic carbocycles. The molecule has 0 spiro atoms. The van der Waals surface area contributed by atoms with E-state index >= 15 is 0 Å². The summed E-state index contributed by atoms with van der Waals surface area (Å²) in [6.07, 6.45) is 3.10. The third-order valence-corrected chi connectivity index (χ3v) is 2.17. The van der Waals surface area contributed by atoms with Crippen molar-refractivity contribution in [2.45, 2.75) is 25.6 Å². The van der Waals surface area contributed by atoms with Crippen molar-refractivity contribution < 1.29 is 4.42 Å². The fourth-order valence-electron chi connectivity index (χ4n) is 1.10. The van der Waals surface area contributed by atoms with Gasteiger partial charge in [-0.3, -0.25) is 0 Å². The lowest BCUT2D eigenvalue weighted by atomic mass is 10.2. The minimum Gasteiger partial charge on any atom is -0.430 e. The minimum absolute atomic E-state index is 0.286. The summed E-state index contributed by atoms with van der Waals surface area (Å²) in [5.74, 6) is 1.38. The van der Waals surface area contributed by atoms with Gasteiger partial charge in [0.05, 0.1) is 11.6 Å². The van der Waals surface area contributed by atoms with Crippen molar-refractivity contribution in [3.8, 4) is 6.01 Å². The van der Waals surface area contributed by atoms with Crippen molar-refractivity contribution in [2.24, 2.45) is 0 Å². The predicted molar refractivity (Wildman–Crippen MR) is 55.1 cm³/mol. The highest BCUT2D eigenvalue weighted by atomic mass is 35.5. The van der Waals surface area contributed by atoms with E-state index in [2.05, 4.69) is 15.1 Å². The molecule has 2 heterocycles. The Kier molecular flexibility index (Phi) is 2.73. The Morgan fingerprint density at radius 3 is 2.87 bits per heavy atom. The first kappa shape index (κ1) is 10.2. The lowest BCUT2D eigenvalue weighted by molar-refractivity contribution is 0.507. The maximum atomic E-state index is 5.62. The first-order chi connectivity index (χ1) is 7.20. The van der Waals surface area contributed by atoms with Crippen LogP contribution in [0.2, 0.25) is 0 Å². The maximum absolute atomic E-state index is 5.62. The Morgan fingerprint density at radius 2 is 2.33 bits per heavy atom. The molecule has 0 saturated carbocycles. The molecule has 0 radical (unpaired) electrons. The number of aromatic nitrogens is 4. The molecule has 0 bridgehead atoms. The highest BCUT2D eigenvalue weighted by Gasteiger charge is 2.10. The Bertz CT molecular complexity index is 448. The van der Waals surface area contributed by atoms with Gasteiger partial charge in [-0.2, -0.15) is 9.67 Å². The second kappa shape index (κ2) is 4.02. The number of oxazole rings is 1. The molecule has 80 valence electrons. The number of rotatable bonds is 3. The molecule has 0 atom stereocenters. The maximum Gasteiger partial charge on any atom is 0.324 e. The monoisotopic (exact) mass is 226 g/mol. The highest BCUT2D eigenvalue weighted by molar-refractivity contribution is 6.16. The van der Waals surface area contributed by atoms with E-state index in [1.807, 2.05) is 13.8 Å². The third-order valence-electron chi connectivity index (χ3n) is 1.90. The third kappa shape index (κ3) is 2.02. The molecule has 0 aromatic carbocycles. The van der Waals surface area contributed by atoms with Gasteiger partial charge < -0.3 is 4.42 Å². The van der Waals surface area contributed by atoms with Gasteiger partial charge in [0.15, 0.2) is 5.82 Å². The summed E-state index contributed by atoms with van der Waals surface area (Å²) in [4.78, 5) is 8.28. The first-order valence-corrected chi connectivity index (χ1v) is 5.16. The Morgan fingerprint density at radius 1 is 1.53 bits per heavy atom. The Labute approximate surface area is 92.1 Å². The van der Waals surface area contributed by atoms with Crippen LogP contribution in [-0.2, 0) is 5.88 Å². The molecule has 15 heavy (non-hydrogen) atoms. The molecular formula is C9H11ClN4O. The van der Waals surface area contributed by atoms with Crippen LogP contribution < -0.4 is 0 Å². The van der Waals surface area contributed by atoms with E-state index in [4.69, 9.17) is 16.0 Å². The quantitative estimate of drug-likeness (QED) is 0.753. The molecule has 0 fully saturated rings. The van der Waals surface area contributed by atoms with Crippen molar-refractivity contribution in [3.63, 3.8) is 0 Å². The standard InChI is InChI=1S/C9H11ClN4O/c1-6(2)8-11-5-14(13-8)9-12-7(3-10)4-15-9/h4-6H,3H2,1-2H3. The Hall–Kier alpha value is -1.36. The Balaban J connectivity index is 2.28. The molecule has 0 N–H and O–H groups in total. The topological polar surface area (TPSA) is 56.7 Å². The van der Waals surface area contributed by atoms with Gasteiger partial charge in [-0.15, -0.1) is 16.7 Å². The van der Waals surface area contributed by atoms with E-state index in [-0.39, 0.29) is 5.92 Å². The van der Waals surface area contributed by atoms with Crippen molar-refractivity contribution in [1.29, 1.82) is 0 Å². The van der Waals surface area contributed by atoms with Crippen molar-refractivity contribution in [1.82, 2.24) is 19.7 Å². The zero-order chi connectivity index (χ0) is 10.8. The van der Waals surface area contributed by atoms with Crippen LogP contribution in [0.5, 0.6) is 0 Å². The van der Waals surface area contributed by atoms with Gasteiger partial charge >= 0.3 is 6.01 Å². The number of hydrogen-bond donors (Lipinski definition) is 0. The highest BCUT2D eigenvalue weighted by Crippen LogP contribution is 2.11. The van der Waals surface area contributed by atoms with Gasteiger partial charge in [-0.05, 0) is 0 Å². The van der Waals surface area contributed by atoms with Crippen molar-refractivity contribution >= 4 is 11.6 Å². The summed E-state index contributed by atoms with van der Waals surface area (Å²) in [5, 5.41) is 4.23. The van der Waals surface area contributed by atoms with E-state index in [0.717, 1.165) is 5.82 Å². The van der Waals surface area contributed by atoms with Gasteiger partial charge in [0.2, 0.25) is 0 Å². The summed E-state index contributed by atoms with van der Waals surface area (Å²) >= 11 is 5.62. The second-order valence-corrected chi connectivity index (χ2v) is 3.72. The normalized spacial score (nSPS) is 11.2. The van der Waals surface area contributed by atoms with Crippen LogP contribution in [0.4, 0.5) is 0 Å². The lowest BCUT2D eigenvalue weighted by Crippen LogP contribution is -1.97. The van der Waals surface area contributed by atoms with Gasteiger partial charge in [-0.1, -0.05) is 13.8 Å².